The van der Waals surface area contributed by atoms with Gasteiger partial charge in [0.15, 0.2) is 0 Å². The topological polar surface area (TPSA) is 83.4 Å². The van der Waals surface area contributed by atoms with Crippen molar-refractivity contribution in [3.8, 4) is 0 Å². The normalized spacial score (nSPS) is 23.4. The molecular weight excluding hydrogens is 240 g/mol. The number of nitrogens with zero attached hydrogens (tertiary/aromatic N) is 3. The SMILES string of the molecule is CN1CCN(C)C(C(Cc2cnccc2N)NN)C1. The van der Waals surface area contributed by atoms with Crippen molar-refractivity contribution >= 4 is 5.69 Å². The van der Waals surface area contributed by atoms with Crippen LogP contribution in [0.15, 0.2) is 18.5 Å². The number of likely N-dealkylation sites (N-methyl/N-ethyl adjacent to an activating group) is 2. The summed E-state index contributed by atoms with van der Waals surface area (Å²) in [5.41, 5.74) is 10.8. The Balaban J connectivity index is 2.09. The minimum Gasteiger partial charge on any atom is -0.398 e. The van der Waals surface area contributed by atoms with Crippen LogP contribution in [0.5, 0.6) is 0 Å². The molecule has 106 valence electrons. The summed E-state index contributed by atoms with van der Waals surface area (Å²) in [5, 5.41) is 0. The molecule has 1 saturated heterocycles. The molecule has 5 N–H and O–H groups in total. The van der Waals surface area contributed by atoms with E-state index in [1.165, 1.54) is 0 Å². The van der Waals surface area contributed by atoms with Crippen molar-refractivity contribution in [3.05, 3.63) is 24.0 Å². The molecule has 0 aromatic carbocycles. The Labute approximate surface area is 114 Å². The molecule has 1 aliphatic heterocycles. The van der Waals surface area contributed by atoms with Gasteiger partial charge in [-0.25, -0.2) is 0 Å². The average Bonchev–Trinajstić information content (AvgIpc) is 2.41. The quantitative estimate of drug-likeness (QED) is 0.492. The molecule has 1 aliphatic rings. The molecule has 0 bridgehead atoms. The smallest absolute Gasteiger partial charge is 0.0420 e. The third-order valence-corrected chi connectivity index (χ3v) is 3.96. The molecule has 2 heterocycles. The first-order valence-electron chi connectivity index (χ1n) is 6.65. The number of rotatable bonds is 4. The third-order valence-electron chi connectivity index (χ3n) is 3.96. The minimum absolute atomic E-state index is 0.166. The molecule has 1 aromatic rings. The van der Waals surface area contributed by atoms with E-state index in [-0.39, 0.29) is 6.04 Å². The highest BCUT2D eigenvalue weighted by Crippen LogP contribution is 2.17. The summed E-state index contributed by atoms with van der Waals surface area (Å²) in [6.07, 6.45) is 4.33. The fourth-order valence-electron chi connectivity index (χ4n) is 2.63. The number of piperazine rings is 1. The maximum Gasteiger partial charge on any atom is 0.0420 e. The summed E-state index contributed by atoms with van der Waals surface area (Å²) in [4.78, 5) is 8.83. The standard InChI is InChI=1S/C13H24N6/c1-18-5-6-19(2)13(9-18)12(17-15)7-10-8-16-4-3-11(10)14/h3-4,8,12-13,17H,5-7,9,15H2,1-2H3,(H2,14,16). The van der Waals surface area contributed by atoms with Gasteiger partial charge >= 0.3 is 0 Å². The predicted octanol–water partition coefficient (Wildman–Crippen LogP) is -0.716. The van der Waals surface area contributed by atoms with E-state index in [4.69, 9.17) is 11.6 Å². The second-order valence-corrected chi connectivity index (χ2v) is 5.36. The fourth-order valence-corrected chi connectivity index (χ4v) is 2.63. The van der Waals surface area contributed by atoms with Gasteiger partial charge in [0.2, 0.25) is 0 Å². The second-order valence-electron chi connectivity index (χ2n) is 5.36. The van der Waals surface area contributed by atoms with E-state index in [1.54, 1.807) is 6.20 Å². The molecule has 1 fully saturated rings. The number of aromatic nitrogens is 1. The van der Waals surface area contributed by atoms with Gasteiger partial charge < -0.3 is 10.6 Å². The Bertz CT molecular complexity index is 410. The lowest BCUT2D eigenvalue weighted by Crippen LogP contribution is -2.60. The highest BCUT2D eigenvalue weighted by Gasteiger charge is 2.29. The molecule has 2 atom stereocenters. The van der Waals surface area contributed by atoms with Crippen LogP contribution in [-0.2, 0) is 6.42 Å². The summed E-state index contributed by atoms with van der Waals surface area (Å²) in [6, 6.07) is 2.38. The first-order chi connectivity index (χ1) is 9.11. The lowest BCUT2D eigenvalue weighted by atomic mass is 9.97. The summed E-state index contributed by atoms with van der Waals surface area (Å²) >= 11 is 0. The molecule has 2 unspecified atom stereocenters. The fraction of sp³-hybridized carbons (Fsp3) is 0.615. The third kappa shape index (κ3) is 3.42. The zero-order valence-corrected chi connectivity index (χ0v) is 11.7. The number of hydrazine groups is 1. The molecule has 6 nitrogen and oxygen atoms in total. The van der Waals surface area contributed by atoms with Gasteiger partial charge in [-0.05, 0) is 32.1 Å². The van der Waals surface area contributed by atoms with Gasteiger partial charge in [-0.3, -0.25) is 21.2 Å². The number of hydrogen-bond acceptors (Lipinski definition) is 6. The number of nitrogens with two attached hydrogens (primary N) is 2. The van der Waals surface area contributed by atoms with E-state index >= 15 is 0 Å². The lowest BCUT2D eigenvalue weighted by molar-refractivity contribution is 0.0877. The molecule has 0 saturated carbocycles. The molecule has 6 heteroatoms. The van der Waals surface area contributed by atoms with Crippen molar-refractivity contribution in [3.63, 3.8) is 0 Å². The first kappa shape index (κ1) is 14.2. The Morgan fingerprint density at radius 1 is 1.47 bits per heavy atom. The average molecular weight is 264 g/mol. The molecule has 0 spiro atoms. The summed E-state index contributed by atoms with van der Waals surface area (Å²) in [7, 11) is 4.29. The summed E-state index contributed by atoms with van der Waals surface area (Å²) in [6.45, 7) is 3.16. The van der Waals surface area contributed by atoms with E-state index in [0.717, 1.165) is 37.3 Å². The van der Waals surface area contributed by atoms with Crippen molar-refractivity contribution in [2.24, 2.45) is 5.84 Å². The number of hydrogen-bond donors (Lipinski definition) is 3. The maximum absolute atomic E-state index is 5.98. The predicted molar refractivity (Wildman–Crippen MR) is 77.4 cm³/mol. The number of nitrogens with one attached hydrogen (secondary N) is 1. The number of pyridine rings is 1. The highest BCUT2D eigenvalue weighted by atomic mass is 15.3. The van der Waals surface area contributed by atoms with Crippen LogP contribution in [0.1, 0.15) is 5.56 Å². The van der Waals surface area contributed by atoms with Crippen molar-refractivity contribution in [1.29, 1.82) is 0 Å². The van der Waals surface area contributed by atoms with Crippen LogP contribution in [0.3, 0.4) is 0 Å². The highest BCUT2D eigenvalue weighted by molar-refractivity contribution is 5.44. The van der Waals surface area contributed by atoms with Crippen LogP contribution in [0, 0.1) is 0 Å². The zero-order chi connectivity index (χ0) is 13.8. The molecule has 0 radical (unpaired) electrons. The lowest BCUT2D eigenvalue weighted by Gasteiger charge is -2.41. The maximum atomic E-state index is 5.98. The monoisotopic (exact) mass is 264 g/mol. The zero-order valence-electron chi connectivity index (χ0n) is 11.7. The Kier molecular flexibility index (Phi) is 4.71. The Morgan fingerprint density at radius 3 is 2.95 bits per heavy atom. The van der Waals surface area contributed by atoms with Gasteiger partial charge in [-0.15, -0.1) is 0 Å². The molecular formula is C13H24N6. The van der Waals surface area contributed by atoms with Crippen LogP contribution in [0.4, 0.5) is 5.69 Å². The van der Waals surface area contributed by atoms with Crippen LogP contribution in [-0.4, -0.2) is 60.6 Å². The van der Waals surface area contributed by atoms with Gasteiger partial charge in [-0.1, -0.05) is 0 Å². The molecule has 19 heavy (non-hydrogen) atoms. The first-order valence-corrected chi connectivity index (χ1v) is 6.65. The van der Waals surface area contributed by atoms with Crippen LogP contribution in [0.25, 0.3) is 0 Å². The van der Waals surface area contributed by atoms with Crippen molar-refractivity contribution < 1.29 is 0 Å². The van der Waals surface area contributed by atoms with Crippen molar-refractivity contribution in [2.75, 3.05) is 39.5 Å². The van der Waals surface area contributed by atoms with Crippen LogP contribution >= 0.6 is 0 Å². The molecule has 0 amide bonds. The van der Waals surface area contributed by atoms with Crippen LogP contribution in [0.2, 0.25) is 0 Å². The number of nitrogen functional groups attached to an aromatic ring is 1. The van der Waals surface area contributed by atoms with Crippen molar-refractivity contribution in [1.82, 2.24) is 20.2 Å². The van der Waals surface area contributed by atoms with E-state index in [0.29, 0.717) is 6.04 Å². The van der Waals surface area contributed by atoms with Crippen LogP contribution < -0.4 is 17.0 Å². The van der Waals surface area contributed by atoms with E-state index in [2.05, 4.69) is 34.3 Å². The van der Waals surface area contributed by atoms with E-state index in [9.17, 15) is 0 Å². The second kappa shape index (κ2) is 6.29. The van der Waals surface area contributed by atoms with Gasteiger partial charge in [0.25, 0.3) is 0 Å². The molecule has 0 aliphatic carbocycles. The Morgan fingerprint density at radius 2 is 2.26 bits per heavy atom. The number of anilines is 1. The molecule has 2 rings (SSSR count). The van der Waals surface area contributed by atoms with Crippen molar-refractivity contribution in [2.45, 2.75) is 18.5 Å². The Hall–Kier alpha value is -1.21. The van der Waals surface area contributed by atoms with E-state index in [1.807, 2.05) is 12.3 Å². The van der Waals surface area contributed by atoms with Gasteiger partial charge in [-0.2, -0.15) is 0 Å². The van der Waals surface area contributed by atoms with E-state index < -0.39 is 0 Å². The van der Waals surface area contributed by atoms with Gasteiger partial charge in [0.1, 0.15) is 0 Å². The minimum atomic E-state index is 0.166. The summed E-state index contributed by atoms with van der Waals surface area (Å²) < 4.78 is 0. The van der Waals surface area contributed by atoms with Gasteiger partial charge in [0, 0.05) is 49.8 Å². The van der Waals surface area contributed by atoms with Gasteiger partial charge in [0.05, 0.1) is 0 Å². The molecule has 1 aromatic heterocycles. The summed E-state index contributed by atoms with van der Waals surface area (Å²) in [5.74, 6) is 5.75. The largest absolute Gasteiger partial charge is 0.398 e.